The van der Waals surface area contributed by atoms with E-state index in [-0.39, 0.29) is 43.1 Å². The first-order chi connectivity index (χ1) is 23.2. The van der Waals surface area contributed by atoms with Crippen LogP contribution in [0.4, 0.5) is 22.7 Å². The van der Waals surface area contributed by atoms with Gasteiger partial charge in [-0.15, -0.1) is 0 Å². The second-order valence-electron chi connectivity index (χ2n) is 13.8. The Morgan fingerprint density at radius 3 is 2.45 bits per heavy atom. The number of rotatable bonds is 9. The molecule has 2 fully saturated rings. The van der Waals surface area contributed by atoms with Crippen molar-refractivity contribution < 1.29 is 33.9 Å². The van der Waals surface area contributed by atoms with Crippen LogP contribution in [0.15, 0.2) is 66.7 Å². The average molecular weight is 688 g/mol. The highest BCUT2D eigenvalue weighted by Gasteiger charge is 2.66. The van der Waals surface area contributed by atoms with E-state index in [0.717, 1.165) is 12.0 Å². The lowest BCUT2D eigenvalue weighted by Crippen LogP contribution is -2.46. The van der Waals surface area contributed by atoms with Crippen molar-refractivity contribution in [1.29, 1.82) is 0 Å². The SMILES string of the molecule is C[C@H]1[C@H]([Si](C)(C)O)[C@@H](CC(=O)N2CCC[C@H]2CO)O[C@]12C(=O)N(Cc1ccc(NC(=O)c3ccc(N)cc3)cc1)c1ccc([N+](=O)[O-])cc12. The molecule has 1 spiro atoms. The Balaban J connectivity index is 1.31. The number of hydrogen-bond donors (Lipinski definition) is 4. The summed E-state index contributed by atoms with van der Waals surface area (Å²) in [4.78, 5) is 67.1. The molecule has 258 valence electrons. The maximum absolute atomic E-state index is 14.7. The first-order valence-electron chi connectivity index (χ1n) is 16.4. The zero-order valence-corrected chi connectivity index (χ0v) is 28.7. The Morgan fingerprint density at radius 2 is 1.82 bits per heavy atom. The van der Waals surface area contributed by atoms with E-state index in [1.165, 1.54) is 17.0 Å². The summed E-state index contributed by atoms with van der Waals surface area (Å²) in [5.41, 5.74) is 6.36. The van der Waals surface area contributed by atoms with Crippen LogP contribution >= 0.6 is 0 Å². The molecular weight excluding hydrogens is 646 g/mol. The van der Waals surface area contributed by atoms with Gasteiger partial charge < -0.3 is 35.5 Å². The van der Waals surface area contributed by atoms with Crippen molar-refractivity contribution in [2.75, 3.05) is 29.1 Å². The minimum absolute atomic E-state index is 0.0919. The minimum atomic E-state index is -3.10. The number of non-ortho nitro benzene ring substituents is 1. The zero-order chi connectivity index (χ0) is 35.2. The topological polar surface area (TPSA) is 189 Å². The van der Waals surface area contributed by atoms with Gasteiger partial charge in [-0.1, -0.05) is 19.1 Å². The molecule has 49 heavy (non-hydrogen) atoms. The molecule has 3 aromatic carbocycles. The smallest absolute Gasteiger partial charge is 0.269 e. The van der Waals surface area contributed by atoms with Crippen molar-refractivity contribution in [2.24, 2.45) is 5.92 Å². The third-order valence-electron chi connectivity index (χ3n) is 10.2. The molecule has 3 heterocycles. The molecule has 5 atom stereocenters. The number of nitro benzene ring substituents is 1. The molecule has 0 bridgehead atoms. The van der Waals surface area contributed by atoms with Crippen LogP contribution < -0.4 is 16.0 Å². The van der Waals surface area contributed by atoms with E-state index in [9.17, 15) is 34.4 Å². The number of nitrogens with two attached hydrogens (primary N) is 1. The third-order valence-corrected chi connectivity index (χ3v) is 12.7. The first kappa shape index (κ1) is 34.2. The third kappa shape index (κ3) is 6.20. The predicted molar refractivity (Wildman–Crippen MR) is 185 cm³/mol. The Morgan fingerprint density at radius 1 is 1.12 bits per heavy atom. The number of carbonyl (C=O) groups is 3. The van der Waals surface area contributed by atoms with Crippen molar-refractivity contribution in [3.63, 3.8) is 0 Å². The first-order valence-corrected chi connectivity index (χ1v) is 19.4. The van der Waals surface area contributed by atoms with E-state index < -0.39 is 42.3 Å². The van der Waals surface area contributed by atoms with Gasteiger partial charge in [-0.25, -0.2) is 0 Å². The summed E-state index contributed by atoms with van der Waals surface area (Å²) in [5, 5.41) is 24.6. The largest absolute Gasteiger partial charge is 0.432 e. The summed E-state index contributed by atoms with van der Waals surface area (Å²) in [5.74, 6) is -1.57. The van der Waals surface area contributed by atoms with Crippen LogP contribution in [0.3, 0.4) is 0 Å². The molecule has 0 unspecified atom stereocenters. The highest BCUT2D eigenvalue weighted by atomic mass is 28.4. The number of fused-ring (bicyclic) bond motifs is 2. The maximum atomic E-state index is 14.7. The van der Waals surface area contributed by atoms with E-state index in [1.54, 1.807) is 72.6 Å². The molecule has 13 nitrogen and oxygen atoms in total. The summed E-state index contributed by atoms with van der Waals surface area (Å²) in [6.45, 7) is 5.78. The van der Waals surface area contributed by atoms with Gasteiger partial charge in [0.15, 0.2) is 13.9 Å². The number of hydrogen-bond acceptors (Lipinski definition) is 9. The van der Waals surface area contributed by atoms with Crippen LogP contribution in [0.25, 0.3) is 0 Å². The van der Waals surface area contributed by atoms with E-state index >= 15 is 0 Å². The monoisotopic (exact) mass is 687 g/mol. The van der Waals surface area contributed by atoms with Gasteiger partial charge in [-0.05, 0) is 74.0 Å². The van der Waals surface area contributed by atoms with Crippen LogP contribution in [0.5, 0.6) is 0 Å². The standard InChI is InChI=1S/C35H41N5O8Si/c1-21-32(49(2,3)47)30(18-31(42)38-16-4-5-27(38)20-41)48-35(21)28-17-26(40(45)46)14-15-29(28)39(34(35)44)19-22-6-12-25(13-7-22)37-33(43)23-8-10-24(36)11-9-23/h6-15,17,21,27,30,32,41,47H,4-5,16,18-20,36H2,1-3H3,(H,37,43)/t21-,27-,30+,32-,35+/m0/s1. The number of benzene rings is 3. The Hall–Kier alpha value is -4.63. The van der Waals surface area contributed by atoms with Gasteiger partial charge in [0.25, 0.3) is 17.5 Å². The maximum Gasteiger partial charge on any atom is 0.269 e. The number of amides is 3. The summed E-state index contributed by atoms with van der Waals surface area (Å²) in [7, 11) is -3.10. The molecule has 14 heteroatoms. The van der Waals surface area contributed by atoms with Gasteiger partial charge in [0, 0.05) is 52.6 Å². The molecule has 0 saturated carbocycles. The number of nitro groups is 1. The van der Waals surface area contributed by atoms with Crippen molar-refractivity contribution >= 4 is 48.8 Å². The fourth-order valence-corrected chi connectivity index (χ4v) is 10.4. The van der Waals surface area contributed by atoms with Crippen molar-refractivity contribution in [1.82, 2.24) is 4.90 Å². The molecule has 5 N–H and O–H groups in total. The quantitative estimate of drug-likeness (QED) is 0.111. The van der Waals surface area contributed by atoms with Crippen LogP contribution in [-0.2, 0) is 26.5 Å². The van der Waals surface area contributed by atoms with Crippen molar-refractivity contribution in [3.05, 3.63) is 93.5 Å². The Labute approximate surface area is 284 Å². The molecule has 0 aromatic heterocycles. The van der Waals surface area contributed by atoms with E-state index in [2.05, 4.69) is 5.32 Å². The Kier molecular flexibility index (Phi) is 9.09. The highest BCUT2D eigenvalue weighted by Crippen LogP contribution is 2.60. The van der Waals surface area contributed by atoms with Gasteiger partial charge in [-0.2, -0.15) is 0 Å². The van der Waals surface area contributed by atoms with Crippen LogP contribution in [-0.4, -0.2) is 71.1 Å². The number of nitrogens with one attached hydrogen (secondary N) is 1. The molecule has 3 aliphatic heterocycles. The predicted octanol–water partition coefficient (Wildman–Crippen LogP) is 4.15. The molecule has 3 aromatic rings. The fourth-order valence-electron chi connectivity index (χ4n) is 7.89. The Bertz CT molecular complexity index is 1780. The summed E-state index contributed by atoms with van der Waals surface area (Å²) < 4.78 is 6.71. The number of ether oxygens (including phenoxy) is 1. The number of aliphatic hydroxyl groups excluding tert-OH is 1. The number of nitrogen functional groups attached to an aromatic ring is 1. The van der Waals surface area contributed by atoms with Crippen LogP contribution in [0.1, 0.15) is 47.7 Å². The second-order valence-corrected chi connectivity index (χ2v) is 17.7. The number of aliphatic hydroxyl groups is 1. The fraction of sp³-hybridized carbons (Fsp3) is 0.400. The normalized spacial score (nSPS) is 24.8. The number of likely N-dealkylation sites (tertiary alicyclic amines) is 1. The minimum Gasteiger partial charge on any atom is -0.432 e. The summed E-state index contributed by atoms with van der Waals surface area (Å²) in [6, 6.07) is 17.5. The molecule has 2 saturated heterocycles. The molecule has 0 radical (unpaired) electrons. The molecule has 3 amide bonds. The number of anilines is 3. The van der Waals surface area contributed by atoms with Gasteiger partial charge in [0.2, 0.25) is 5.91 Å². The molecule has 3 aliphatic rings. The molecule has 6 rings (SSSR count). The molecular formula is C35H41N5O8Si. The van der Waals surface area contributed by atoms with Crippen molar-refractivity contribution in [3.8, 4) is 0 Å². The molecule has 0 aliphatic carbocycles. The summed E-state index contributed by atoms with van der Waals surface area (Å²) >= 11 is 0. The lowest BCUT2D eigenvalue weighted by atomic mass is 9.82. The second kappa shape index (κ2) is 13.0. The van der Waals surface area contributed by atoms with Gasteiger partial charge in [0.05, 0.1) is 42.3 Å². The lowest BCUT2D eigenvalue weighted by molar-refractivity contribution is -0.385. The van der Waals surface area contributed by atoms with Crippen molar-refractivity contribution in [2.45, 2.75) is 69.1 Å². The van der Waals surface area contributed by atoms with Gasteiger partial charge in [0.1, 0.15) is 0 Å². The van der Waals surface area contributed by atoms with E-state index in [0.29, 0.717) is 41.2 Å². The van der Waals surface area contributed by atoms with E-state index in [4.69, 9.17) is 10.5 Å². The van der Waals surface area contributed by atoms with Gasteiger partial charge in [-0.3, -0.25) is 24.5 Å². The zero-order valence-electron chi connectivity index (χ0n) is 27.7. The average Bonchev–Trinajstić information content (AvgIpc) is 3.72. The summed E-state index contributed by atoms with van der Waals surface area (Å²) in [6.07, 6.45) is 0.547. The highest BCUT2D eigenvalue weighted by molar-refractivity contribution is 6.71. The van der Waals surface area contributed by atoms with Crippen LogP contribution in [0, 0.1) is 16.0 Å². The number of carbonyl (C=O) groups excluding carboxylic acids is 3. The van der Waals surface area contributed by atoms with Crippen LogP contribution in [0.2, 0.25) is 18.6 Å². The van der Waals surface area contributed by atoms with E-state index in [1.807, 2.05) is 6.92 Å². The van der Waals surface area contributed by atoms with Gasteiger partial charge >= 0.3 is 0 Å². The lowest BCUT2D eigenvalue weighted by Gasteiger charge is -2.32. The number of nitrogens with zero attached hydrogens (tertiary/aromatic N) is 3.